The second kappa shape index (κ2) is 6.03. The van der Waals surface area contributed by atoms with Gasteiger partial charge in [0.05, 0.1) is 12.1 Å². The smallest absolute Gasteiger partial charge is 0.0770 e. The van der Waals surface area contributed by atoms with Gasteiger partial charge in [-0.25, -0.2) is 0 Å². The van der Waals surface area contributed by atoms with Gasteiger partial charge in [-0.3, -0.25) is 0 Å². The van der Waals surface area contributed by atoms with Gasteiger partial charge in [-0.15, -0.1) is 0 Å². The largest absolute Gasteiger partial charge is 0.391 e. The molecule has 3 heteroatoms. The molecule has 0 aromatic heterocycles. The molecule has 2 aromatic rings. The summed E-state index contributed by atoms with van der Waals surface area (Å²) in [4.78, 5) is 0. The Morgan fingerprint density at radius 2 is 1.61 bits per heavy atom. The van der Waals surface area contributed by atoms with Crippen LogP contribution in [0, 0.1) is 0 Å². The monoisotopic (exact) mass is 305 g/mol. The predicted octanol–water partition coefficient (Wildman–Crippen LogP) is 3.98. The molecule has 0 saturated carbocycles. The van der Waals surface area contributed by atoms with E-state index in [4.69, 9.17) is 0 Å². The summed E-state index contributed by atoms with van der Waals surface area (Å²) in [6.45, 7) is 1.80. The molecule has 0 fully saturated rings. The lowest BCUT2D eigenvalue weighted by Crippen LogP contribution is -2.22. The van der Waals surface area contributed by atoms with E-state index in [2.05, 4.69) is 21.2 Å². The van der Waals surface area contributed by atoms with Crippen LogP contribution in [-0.2, 0) is 0 Å². The van der Waals surface area contributed by atoms with Crippen molar-refractivity contribution >= 4 is 21.6 Å². The van der Waals surface area contributed by atoms with Crippen LogP contribution in [0.1, 0.15) is 18.5 Å². The van der Waals surface area contributed by atoms with Gasteiger partial charge >= 0.3 is 0 Å². The highest BCUT2D eigenvalue weighted by Crippen LogP contribution is 2.23. The minimum Gasteiger partial charge on any atom is -0.391 e. The third-order valence-electron chi connectivity index (χ3n) is 2.81. The molecule has 2 nitrogen and oxygen atoms in total. The number of benzene rings is 2. The molecule has 2 rings (SSSR count). The minimum absolute atomic E-state index is 0.104. The van der Waals surface area contributed by atoms with Crippen molar-refractivity contribution in [3.05, 3.63) is 64.6 Å². The Hall–Kier alpha value is -1.32. The van der Waals surface area contributed by atoms with E-state index < -0.39 is 6.10 Å². The van der Waals surface area contributed by atoms with E-state index in [1.165, 1.54) is 0 Å². The van der Waals surface area contributed by atoms with Crippen LogP contribution in [-0.4, -0.2) is 11.2 Å². The second-order valence-corrected chi connectivity index (χ2v) is 5.20. The zero-order valence-corrected chi connectivity index (χ0v) is 11.8. The molecule has 94 valence electrons. The van der Waals surface area contributed by atoms with Crippen LogP contribution in [0.25, 0.3) is 0 Å². The Bertz CT molecular complexity index is 482. The number of aliphatic hydroxyl groups excluding tert-OH is 1. The molecule has 18 heavy (non-hydrogen) atoms. The van der Waals surface area contributed by atoms with Gasteiger partial charge in [-0.2, -0.15) is 0 Å². The fraction of sp³-hybridized carbons (Fsp3) is 0.200. The first-order valence-corrected chi connectivity index (χ1v) is 6.71. The van der Waals surface area contributed by atoms with E-state index in [0.29, 0.717) is 0 Å². The van der Waals surface area contributed by atoms with E-state index in [-0.39, 0.29) is 6.04 Å². The molecule has 2 unspecified atom stereocenters. The topological polar surface area (TPSA) is 32.3 Å². The zero-order valence-electron chi connectivity index (χ0n) is 10.2. The average molecular weight is 306 g/mol. The number of nitrogens with one attached hydrogen (secondary N) is 1. The number of anilines is 1. The third-order valence-corrected chi connectivity index (χ3v) is 3.34. The molecule has 2 N–H and O–H groups in total. The predicted molar refractivity (Wildman–Crippen MR) is 78.6 cm³/mol. The summed E-state index contributed by atoms with van der Waals surface area (Å²) in [6.07, 6.45) is -0.462. The van der Waals surface area contributed by atoms with E-state index in [1.807, 2.05) is 54.6 Å². The lowest BCUT2D eigenvalue weighted by Gasteiger charge is -2.23. The first-order valence-electron chi connectivity index (χ1n) is 5.92. The minimum atomic E-state index is -0.462. The van der Waals surface area contributed by atoms with Crippen LogP contribution >= 0.6 is 15.9 Å². The molecule has 0 heterocycles. The van der Waals surface area contributed by atoms with Crippen molar-refractivity contribution in [1.82, 2.24) is 0 Å². The van der Waals surface area contributed by atoms with E-state index in [1.54, 1.807) is 6.92 Å². The van der Waals surface area contributed by atoms with E-state index in [0.717, 1.165) is 15.7 Å². The van der Waals surface area contributed by atoms with Gasteiger partial charge in [-0.05, 0) is 36.8 Å². The summed E-state index contributed by atoms with van der Waals surface area (Å²) in [5, 5.41) is 13.3. The first kappa shape index (κ1) is 13.1. The number of halogens is 1. The average Bonchev–Trinajstić information content (AvgIpc) is 2.38. The van der Waals surface area contributed by atoms with Gasteiger partial charge in [0.2, 0.25) is 0 Å². The number of hydrogen-bond acceptors (Lipinski definition) is 2. The van der Waals surface area contributed by atoms with Crippen molar-refractivity contribution in [2.45, 2.75) is 19.1 Å². The number of aliphatic hydroxyl groups is 1. The standard InChI is InChI=1S/C15H16BrNO/c1-11(18)15(12-5-3-2-4-6-12)17-14-9-7-13(16)8-10-14/h2-11,15,17-18H,1H3. The fourth-order valence-electron chi connectivity index (χ4n) is 1.87. The molecule has 0 radical (unpaired) electrons. The Morgan fingerprint density at radius 1 is 1.00 bits per heavy atom. The van der Waals surface area contributed by atoms with Crippen molar-refractivity contribution in [3.63, 3.8) is 0 Å². The van der Waals surface area contributed by atoms with E-state index >= 15 is 0 Å². The molecule has 0 aliphatic carbocycles. The Labute approximate surface area is 116 Å². The summed E-state index contributed by atoms with van der Waals surface area (Å²) in [5.41, 5.74) is 2.07. The quantitative estimate of drug-likeness (QED) is 0.895. The molecule has 0 bridgehead atoms. The van der Waals surface area contributed by atoms with Gasteiger partial charge in [-0.1, -0.05) is 46.3 Å². The summed E-state index contributed by atoms with van der Waals surface area (Å²) in [5.74, 6) is 0. The maximum atomic E-state index is 9.91. The molecular weight excluding hydrogens is 290 g/mol. The summed E-state index contributed by atoms with van der Waals surface area (Å²) in [7, 11) is 0. The van der Waals surface area contributed by atoms with Crippen molar-refractivity contribution in [2.24, 2.45) is 0 Å². The number of rotatable bonds is 4. The highest BCUT2D eigenvalue weighted by molar-refractivity contribution is 9.10. The number of hydrogen-bond donors (Lipinski definition) is 2. The van der Waals surface area contributed by atoms with Gasteiger partial charge in [0.1, 0.15) is 0 Å². The Balaban J connectivity index is 2.19. The molecule has 2 aromatic carbocycles. The van der Waals surface area contributed by atoms with Crippen molar-refractivity contribution in [1.29, 1.82) is 0 Å². The molecule has 0 aliphatic rings. The summed E-state index contributed by atoms with van der Waals surface area (Å²) < 4.78 is 1.04. The zero-order chi connectivity index (χ0) is 13.0. The highest BCUT2D eigenvalue weighted by atomic mass is 79.9. The van der Waals surface area contributed by atoms with Crippen molar-refractivity contribution < 1.29 is 5.11 Å². The normalized spacial score (nSPS) is 13.9. The van der Waals surface area contributed by atoms with Gasteiger partial charge in [0, 0.05) is 10.2 Å². The van der Waals surface area contributed by atoms with Crippen LogP contribution in [0.15, 0.2) is 59.1 Å². The van der Waals surface area contributed by atoms with E-state index in [9.17, 15) is 5.11 Å². The van der Waals surface area contributed by atoms with Crippen LogP contribution in [0.3, 0.4) is 0 Å². The maximum Gasteiger partial charge on any atom is 0.0770 e. The molecule has 0 amide bonds. The molecule has 0 spiro atoms. The Kier molecular flexibility index (Phi) is 4.39. The highest BCUT2D eigenvalue weighted by Gasteiger charge is 2.16. The molecular formula is C15H16BrNO. The summed E-state index contributed by atoms with van der Waals surface area (Å²) >= 11 is 3.41. The van der Waals surface area contributed by atoms with Crippen LogP contribution < -0.4 is 5.32 Å². The molecule has 0 saturated heterocycles. The van der Waals surface area contributed by atoms with Crippen LogP contribution in [0.4, 0.5) is 5.69 Å². The van der Waals surface area contributed by atoms with Gasteiger partial charge in [0.15, 0.2) is 0 Å². The van der Waals surface area contributed by atoms with Crippen LogP contribution in [0.2, 0.25) is 0 Å². The van der Waals surface area contributed by atoms with Gasteiger partial charge in [0.25, 0.3) is 0 Å². The second-order valence-electron chi connectivity index (χ2n) is 4.28. The van der Waals surface area contributed by atoms with Crippen LogP contribution in [0.5, 0.6) is 0 Å². The van der Waals surface area contributed by atoms with Crippen molar-refractivity contribution in [2.75, 3.05) is 5.32 Å². The third kappa shape index (κ3) is 3.34. The Morgan fingerprint density at radius 3 is 2.17 bits per heavy atom. The summed E-state index contributed by atoms with van der Waals surface area (Å²) in [6, 6.07) is 17.8. The maximum absolute atomic E-state index is 9.91. The lowest BCUT2D eigenvalue weighted by molar-refractivity contribution is 0.172. The molecule has 2 atom stereocenters. The van der Waals surface area contributed by atoms with Crippen molar-refractivity contribution in [3.8, 4) is 0 Å². The fourth-order valence-corrected chi connectivity index (χ4v) is 2.13. The molecule has 0 aliphatic heterocycles. The van der Waals surface area contributed by atoms with Gasteiger partial charge < -0.3 is 10.4 Å². The first-order chi connectivity index (χ1) is 8.66. The SMILES string of the molecule is CC(O)C(Nc1ccc(Br)cc1)c1ccccc1. The lowest BCUT2D eigenvalue weighted by atomic mass is 10.0.